The molecule has 6 nitrogen and oxygen atoms in total. The van der Waals surface area contributed by atoms with E-state index in [1.54, 1.807) is 6.08 Å². The highest BCUT2D eigenvalue weighted by molar-refractivity contribution is 9.10. The van der Waals surface area contributed by atoms with E-state index in [1.165, 1.54) is 0 Å². The number of aliphatic hydroxyl groups is 1. The zero-order valence-electron chi connectivity index (χ0n) is 20.2. The Morgan fingerprint density at radius 1 is 1.05 bits per heavy atom. The van der Waals surface area contributed by atoms with Gasteiger partial charge in [0.05, 0.1) is 6.61 Å². The highest BCUT2D eigenvalue weighted by atomic mass is 79.9. The number of carbonyl (C=O) groups excluding carboxylic acids is 1. The van der Waals surface area contributed by atoms with Gasteiger partial charge in [0, 0.05) is 40.5 Å². The van der Waals surface area contributed by atoms with Gasteiger partial charge >= 0.3 is 0 Å². The summed E-state index contributed by atoms with van der Waals surface area (Å²) in [5, 5.41) is 11.9. The molecule has 2 atom stereocenters. The monoisotopic (exact) mass is 626 g/mol. The minimum Gasteiger partial charge on any atom is -0.494 e. The summed E-state index contributed by atoms with van der Waals surface area (Å²) >= 11 is 6.98. The predicted octanol–water partition coefficient (Wildman–Crippen LogP) is 5.77. The van der Waals surface area contributed by atoms with Crippen LogP contribution < -0.4 is 10.1 Å². The van der Waals surface area contributed by atoms with Crippen molar-refractivity contribution in [2.75, 3.05) is 19.8 Å². The molecule has 2 N–H and O–H groups in total. The maximum atomic E-state index is 13.8. The van der Waals surface area contributed by atoms with Crippen molar-refractivity contribution in [3.63, 3.8) is 0 Å². The molecule has 1 aliphatic rings. The molecular weight excluding hydrogens is 600 g/mol. The molecule has 3 aromatic carbocycles. The van der Waals surface area contributed by atoms with Crippen LogP contribution in [0, 0.1) is 0 Å². The van der Waals surface area contributed by atoms with Crippen LogP contribution in [0.25, 0.3) is 0 Å². The molecule has 3 aromatic rings. The van der Waals surface area contributed by atoms with Crippen molar-refractivity contribution < 1.29 is 19.4 Å². The second kappa shape index (κ2) is 12.5. The molecule has 8 heteroatoms. The summed E-state index contributed by atoms with van der Waals surface area (Å²) in [6.07, 6.45) is 1.90. The predicted molar refractivity (Wildman–Crippen MR) is 152 cm³/mol. The van der Waals surface area contributed by atoms with E-state index in [4.69, 9.17) is 19.6 Å². The molecule has 0 fully saturated rings. The molecule has 0 saturated heterocycles. The Morgan fingerprint density at radius 3 is 2.32 bits per heavy atom. The number of hydrogen-bond acceptors (Lipinski definition) is 5. The molecule has 4 rings (SSSR count). The van der Waals surface area contributed by atoms with E-state index >= 15 is 0 Å². The SMILES string of the molecule is C=CCNC(=O)[C@]1(Cc2ccc(Br)cc2)N=C(c2ccc(OCCCO)cc2)O[C@@H]1c1ccc(Br)cc1. The van der Waals surface area contributed by atoms with E-state index in [1.807, 2.05) is 72.8 Å². The number of nitrogens with one attached hydrogen (secondary N) is 1. The first-order valence-electron chi connectivity index (χ1n) is 11.9. The molecule has 0 unspecified atom stereocenters. The Balaban J connectivity index is 1.76. The summed E-state index contributed by atoms with van der Waals surface area (Å²) in [6, 6.07) is 23.0. The van der Waals surface area contributed by atoms with Gasteiger partial charge in [-0.25, -0.2) is 4.99 Å². The van der Waals surface area contributed by atoms with Crippen LogP contribution in [0.1, 0.15) is 29.2 Å². The second-order valence-electron chi connectivity index (χ2n) is 8.64. The van der Waals surface area contributed by atoms with E-state index in [9.17, 15) is 4.79 Å². The first kappa shape index (κ1) is 27.1. The fourth-order valence-electron chi connectivity index (χ4n) is 4.15. The molecule has 0 saturated carbocycles. The van der Waals surface area contributed by atoms with Gasteiger partial charge in [-0.15, -0.1) is 6.58 Å². The average Bonchev–Trinajstić information content (AvgIpc) is 3.30. The molecule has 0 spiro atoms. The number of halogens is 2. The molecule has 0 radical (unpaired) electrons. The number of hydrogen-bond donors (Lipinski definition) is 2. The zero-order valence-corrected chi connectivity index (χ0v) is 23.4. The van der Waals surface area contributed by atoms with Crippen molar-refractivity contribution in [1.29, 1.82) is 0 Å². The Hall–Kier alpha value is -2.94. The van der Waals surface area contributed by atoms with Crippen LogP contribution in [0.2, 0.25) is 0 Å². The standard InChI is InChI=1S/C29H28Br2N2O4/c1-2-16-32-28(35)29(19-20-4-10-23(30)11-5-20)26(21-6-12-24(31)13-7-21)37-27(33-29)22-8-14-25(15-9-22)36-18-3-17-34/h2,4-15,26,34H,1,3,16-19H2,(H,32,35)/t26-,29-/m1/s1. The summed E-state index contributed by atoms with van der Waals surface area (Å²) in [7, 11) is 0. The number of amides is 1. The minimum absolute atomic E-state index is 0.0779. The summed E-state index contributed by atoms with van der Waals surface area (Å²) in [5.41, 5.74) is 1.30. The summed E-state index contributed by atoms with van der Waals surface area (Å²) in [4.78, 5) is 18.8. The molecule has 0 aromatic heterocycles. The Labute approximate surface area is 233 Å². The third kappa shape index (κ3) is 6.50. The second-order valence-corrected chi connectivity index (χ2v) is 10.5. The fourth-order valence-corrected chi connectivity index (χ4v) is 4.68. The highest BCUT2D eigenvalue weighted by Crippen LogP contribution is 2.43. The van der Waals surface area contributed by atoms with Gasteiger partial charge in [-0.05, 0) is 59.7 Å². The summed E-state index contributed by atoms with van der Waals surface area (Å²) < 4.78 is 14.0. The Morgan fingerprint density at radius 2 is 1.70 bits per heavy atom. The minimum atomic E-state index is -1.24. The molecule has 0 aliphatic carbocycles. The van der Waals surface area contributed by atoms with Crippen molar-refractivity contribution in [3.8, 4) is 5.75 Å². The summed E-state index contributed by atoms with van der Waals surface area (Å²) in [6.45, 7) is 4.57. The third-order valence-corrected chi connectivity index (χ3v) is 7.05. The van der Waals surface area contributed by atoms with Crippen LogP contribution in [0.15, 0.2) is 99.4 Å². The first-order chi connectivity index (χ1) is 17.9. The molecule has 0 bridgehead atoms. The number of ether oxygens (including phenoxy) is 2. The van der Waals surface area contributed by atoms with Crippen LogP contribution in [-0.2, 0) is 16.0 Å². The van der Waals surface area contributed by atoms with E-state index in [0.717, 1.165) is 25.6 Å². The van der Waals surface area contributed by atoms with E-state index in [-0.39, 0.29) is 12.5 Å². The lowest BCUT2D eigenvalue weighted by atomic mass is 9.82. The van der Waals surface area contributed by atoms with Crippen molar-refractivity contribution in [3.05, 3.63) is 111 Å². The largest absolute Gasteiger partial charge is 0.494 e. The van der Waals surface area contributed by atoms with Gasteiger partial charge in [0.25, 0.3) is 5.91 Å². The Kier molecular flexibility index (Phi) is 9.18. The zero-order chi connectivity index (χ0) is 26.3. The van der Waals surface area contributed by atoms with Gasteiger partial charge < -0.3 is 19.9 Å². The lowest BCUT2D eigenvalue weighted by molar-refractivity contribution is -0.128. The third-order valence-electron chi connectivity index (χ3n) is 6.00. The topological polar surface area (TPSA) is 80.2 Å². The number of aliphatic imine (C=N–C) groups is 1. The van der Waals surface area contributed by atoms with Gasteiger partial charge in [-0.2, -0.15) is 0 Å². The molecule has 1 heterocycles. The van der Waals surface area contributed by atoms with E-state index < -0.39 is 11.6 Å². The van der Waals surface area contributed by atoms with Crippen LogP contribution in [0.5, 0.6) is 5.75 Å². The van der Waals surface area contributed by atoms with Gasteiger partial charge in [-0.3, -0.25) is 4.79 Å². The highest BCUT2D eigenvalue weighted by Gasteiger charge is 2.53. The van der Waals surface area contributed by atoms with E-state index in [2.05, 4.69) is 43.8 Å². The van der Waals surface area contributed by atoms with Crippen molar-refractivity contribution in [2.24, 2.45) is 4.99 Å². The fraction of sp³-hybridized carbons (Fsp3) is 0.241. The maximum Gasteiger partial charge on any atom is 0.252 e. The van der Waals surface area contributed by atoms with Gasteiger partial charge in [-0.1, -0.05) is 62.2 Å². The van der Waals surface area contributed by atoms with Gasteiger partial charge in [0.15, 0.2) is 11.6 Å². The maximum absolute atomic E-state index is 13.8. The van der Waals surface area contributed by atoms with Crippen molar-refractivity contribution >= 4 is 43.7 Å². The lowest BCUT2D eigenvalue weighted by Crippen LogP contribution is -2.50. The normalized spacial score (nSPS) is 18.6. The lowest BCUT2D eigenvalue weighted by Gasteiger charge is -2.30. The quantitative estimate of drug-likeness (QED) is 0.209. The molecule has 192 valence electrons. The molecular formula is C29H28Br2N2O4. The van der Waals surface area contributed by atoms with Crippen LogP contribution >= 0.6 is 31.9 Å². The number of rotatable bonds is 11. The average molecular weight is 628 g/mol. The number of nitrogens with zero attached hydrogens (tertiary/aromatic N) is 1. The van der Waals surface area contributed by atoms with Crippen molar-refractivity contribution in [2.45, 2.75) is 24.5 Å². The number of aliphatic hydroxyl groups excluding tert-OH is 1. The van der Waals surface area contributed by atoms with Crippen LogP contribution in [0.4, 0.5) is 0 Å². The summed E-state index contributed by atoms with van der Waals surface area (Å²) in [5.74, 6) is 0.841. The smallest absolute Gasteiger partial charge is 0.252 e. The number of benzene rings is 3. The molecule has 1 amide bonds. The van der Waals surface area contributed by atoms with Crippen molar-refractivity contribution in [1.82, 2.24) is 5.32 Å². The van der Waals surface area contributed by atoms with Crippen LogP contribution in [0.3, 0.4) is 0 Å². The first-order valence-corrected chi connectivity index (χ1v) is 13.5. The molecule has 1 aliphatic heterocycles. The number of carbonyl (C=O) groups is 1. The van der Waals surface area contributed by atoms with E-state index in [0.29, 0.717) is 37.6 Å². The molecule has 37 heavy (non-hydrogen) atoms. The van der Waals surface area contributed by atoms with Crippen LogP contribution in [-0.4, -0.2) is 42.2 Å². The van der Waals surface area contributed by atoms with Gasteiger partial charge in [0.2, 0.25) is 5.90 Å². The Bertz CT molecular complexity index is 1240. The van der Waals surface area contributed by atoms with Gasteiger partial charge in [0.1, 0.15) is 5.75 Å².